The van der Waals surface area contributed by atoms with Gasteiger partial charge >= 0.3 is 0 Å². The van der Waals surface area contributed by atoms with E-state index in [1.807, 2.05) is 0 Å². The van der Waals surface area contributed by atoms with Gasteiger partial charge in [-0.05, 0) is 25.8 Å². The Labute approximate surface area is 131 Å². The number of aromatic nitrogens is 1. The summed E-state index contributed by atoms with van der Waals surface area (Å²) in [5.41, 5.74) is 1.07. The van der Waals surface area contributed by atoms with E-state index in [1.165, 1.54) is 32.4 Å². The van der Waals surface area contributed by atoms with Gasteiger partial charge in [0.15, 0.2) is 5.13 Å². The molecule has 1 aromatic heterocycles. The smallest absolute Gasteiger partial charge is 0.185 e. The van der Waals surface area contributed by atoms with Crippen molar-refractivity contribution in [2.24, 2.45) is 0 Å². The molecule has 2 aliphatic rings. The first kappa shape index (κ1) is 15.3. The summed E-state index contributed by atoms with van der Waals surface area (Å²) < 4.78 is 0. The van der Waals surface area contributed by atoms with Crippen molar-refractivity contribution in [2.75, 3.05) is 31.1 Å². The van der Waals surface area contributed by atoms with Crippen molar-refractivity contribution in [1.29, 1.82) is 0 Å². The molecule has 5 heteroatoms. The van der Waals surface area contributed by atoms with E-state index in [-0.39, 0.29) is 12.0 Å². The van der Waals surface area contributed by atoms with Crippen LogP contribution in [0.25, 0.3) is 0 Å². The summed E-state index contributed by atoms with van der Waals surface area (Å²) >= 11 is 1.68. The van der Waals surface area contributed by atoms with E-state index in [9.17, 15) is 5.11 Å². The molecule has 118 valence electrons. The molecule has 0 radical (unpaired) electrons. The van der Waals surface area contributed by atoms with Gasteiger partial charge in [0.25, 0.3) is 0 Å². The largest absolute Gasteiger partial charge is 0.391 e. The monoisotopic (exact) mass is 309 g/mol. The van der Waals surface area contributed by atoms with E-state index >= 15 is 0 Å². The summed E-state index contributed by atoms with van der Waals surface area (Å²) in [6.07, 6.45) is 3.88. The van der Waals surface area contributed by atoms with Gasteiger partial charge in [0, 0.05) is 31.1 Å². The van der Waals surface area contributed by atoms with Crippen LogP contribution in [0.3, 0.4) is 0 Å². The van der Waals surface area contributed by atoms with Gasteiger partial charge < -0.3 is 10.0 Å². The first-order chi connectivity index (χ1) is 9.99. The average molecular weight is 309 g/mol. The Kier molecular flexibility index (Phi) is 4.26. The molecule has 0 aliphatic carbocycles. The summed E-state index contributed by atoms with van der Waals surface area (Å²) in [6, 6.07) is 0.701. The maximum Gasteiger partial charge on any atom is 0.185 e. The molecule has 0 spiro atoms. The van der Waals surface area contributed by atoms with Gasteiger partial charge in [-0.1, -0.05) is 32.1 Å². The van der Waals surface area contributed by atoms with Crippen molar-refractivity contribution in [3.63, 3.8) is 0 Å². The van der Waals surface area contributed by atoms with Crippen LogP contribution in [0.4, 0.5) is 5.13 Å². The zero-order valence-electron chi connectivity index (χ0n) is 13.4. The predicted octanol–water partition coefficient (Wildman–Crippen LogP) is 2.61. The first-order valence-electron chi connectivity index (χ1n) is 8.09. The fourth-order valence-corrected chi connectivity index (χ4v) is 4.71. The molecule has 0 saturated carbocycles. The van der Waals surface area contributed by atoms with Crippen LogP contribution in [0.15, 0.2) is 0 Å². The fraction of sp³-hybridized carbons (Fsp3) is 0.812. The van der Waals surface area contributed by atoms with E-state index in [0.29, 0.717) is 6.04 Å². The van der Waals surface area contributed by atoms with Gasteiger partial charge in [0.2, 0.25) is 0 Å². The first-order valence-corrected chi connectivity index (χ1v) is 8.90. The zero-order valence-corrected chi connectivity index (χ0v) is 14.2. The number of hydrogen-bond donors (Lipinski definition) is 1. The molecular formula is C16H27N3OS. The molecule has 4 nitrogen and oxygen atoms in total. The van der Waals surface area contributed by atoms with Crippen molar-refractivity contribution in [3.8, 4) is 0 Å². The molecule has 1 aromatic rings. The summed E-state index contributed by atoms with van der Waals surface area (Å²) in [5, 5.41) is 10.8. The number of nitrogens with zero attached hydrogens (tertiary/aromatic N) is 3. The van der Waals surface area contributed by atoms with Crippen LogP contribution in [0.5, 0.6) is 0 Å². The Morgan fingerprint density at radius 1 is 1.24 bits per heavy atom. The lowest BCUT2D eigenvalue weighted by molar-refractivity contribution is 0.273. The Balaban J connectivity index is 1.84. The van der Waals surface area contributed by atoms with Gasteiger partial charge in [-0.3, -0.25) is 4.90 Å². The highest BCUT2D eigenvalue weighted by molar-refractivity contribution is 7.15. The molecule has 1 N–H and O–H groups in total. The molecule has 1 unspecified atom stereocenters. The molecule has 1 atom stereocenters. The number of fused-ring (bicyclic) bond motifs is 1. The highest BCUT2D eigenvalue weighted by atomic mass is 32.1. The Morgan fingerprint density at radius 3 is 2.67 bits per heavy atom. The third-order valence-electron chi connectivity index (χ3n) is 4.61. The van der Waals surface area contributed by atoms with Crippen molar-refractivity contribution in [1.82, 2.24) is 9.88 Å². The molecule has 0 amide bonds. The summed E-state index contributed by atoms with van der Waals surface area (Å²) in [7, 11) is 0. The molecule has 3 heterocycles. The standard InChI is InChI=1S/C16H27N3OS/c1-16(2,3)14-13(11-20)21-15(17-14)19-9-5-8-18-7-4-6-12(18)10-19/h12,20H,4-11H2,1-3H3. The molecule has 2 aliphatic heterocycles. The highest BCUT2D eigenvalue weighted by Gasteiger charge is 2.31. The minimum atomic E-state index is -0.00193. The molecule has 21 heavy (non-hydrogen) atoms. The van der Waals surface area contributed by atoms with E-state index < -0.39 is 0 Å². The van der Waals surface area contributed by atoms with E-state index in [4.69, 9.17) is 4.98 Å². The summed E-state index contributed by atoms with van der Waals surface area (Å²) in [6.45, 7) is 11.3. The summed E-state index contributed by atoms with van der Waals surface area (Å²) in [5.74, 6) is 0. The SMILES string of the molecule is CC(C)(C)c1nc(N2CCCN3CCCC3C2)sc1CO. The zero-order chi connectivity index (χ0) is 15.0. The molecule has 0 aromatic carbocycles. The lowest BCUT2D eigenvalue weighted by atomic mass is 9.91. The third-order valence-corrected chi connectivity index (χ3v) is 5.72. The van der Waals surface area contributed by atoms with Crippen molar-refractivity contribution < 1.29 is 5.11 Å². The van der Waals surface area contributed by atoms with Crippen LogP contribution in [0.1, 0.15) is 50.6 Å². The lowest BCUT2D eigenvalue weighted by Crippen LogP contribution is -2.36. The van der Waals surface area contributed by atoms with Crippen molar-refractivity contribution >= 4 is 16.5 Å². The van der Waals surface area contributed by atoms with Crippen molar-refractivity contribution in [2.45, 2.75) is 58.1 Å². The molecule has 0 bridgehead atoms. The van der Waals surface area contributed by atoms with Gasteiger partial charge in [-0.25, -0.2) is 4.98 Å². The van der Waals surface area contributed by atoms with Crippen LogP contribution in [-0.2, 0) is 12.0 Å². The quantitative estimate of drug-likeness (QED) is 0.911. The van der Waals surface area contributed by atoms with Crippen LogP contribution in [0, 0.1) is 0 Å². The van der Waals surface area contributed by atoms with Gasteiger partial charge in [-0.15, -0.1) is 0 Å². The second-order valence-electron chi connectivity index (χ2n) is 7.31. The molecule has 3 rings (SSSR count). The van der Waals surface area contributed by atoms with Crippen LogP contribution in [0.2, 0.25) is 0 Å². The lowest BCUT2D eigenvalue weighted by Gasteiger charge is -2.25. The van der Waals surface area contributed by atoms with E-state index in [1.54, 1.807) is 11.3 Å². The Bertz CT molecular complexity index is 494. The second kappa shape index (κ2) is 5.86. The number of thiazole rings is 1. The third kappa shape index (κ3) is 3.10. The number of aliphatic hydroxyl groups is 1. The van der Waals surface area contributed by atoms with Gasteiger partial charge in [0.1, 0.15) is 0 Å². The fourth-order valence-electron chi connectivity index (χ4n) is 3.55. The minimum Gasteiger partial charge on any atom is -0.391 e. The maximum atomic E-state index is 9.64. The van der Waals surface area contributed by atoms with Crippen molar-refractivity contribution in [3.05, 3.63) is 10.6 Å². The predicted molar refractivity (Wildman–Crippen MR) is 88.2 cm³/mol. The van der Waals surface area contributed by atoms with Gasteiger partial charge in [-0.2, -0.15) is 0 Å². The normalized spacial score (nSPS) is 24.2. The molecular weight excluding hydrogens is 282 g/mol. The number of anilines is 1. The minimum absolute atomic E-state index is 0.00193. The topological polar surface area (TPSA) is 39.6 Å². The Hall–Kier alpha value is -0.650. The number of hydrogen-bond acceptors (Lipinski definition) is 5. The number of rotatable bonds is 2. The van der Waals surface area contributed by atoms with E-state index in [0.717, 1.165) is 28.8 Å². The number of aliphatic hydroxyl groups excluding tert-OH is 1. The Morgan fingerprint density at radius 2 is 2.00 bits per heavy atom. The summed E-state index contributed by atoms with van der Waals surface area (Å²) in [4.78, 5) is 11.0. The van der Waals surface area contributed by atoms with Gasteiger partial charge in [0.05, 0.1) is 17.2 Å². The van der Waals surface area contributed by atoms with Crippen LogP contribution in [-0.4, -0.2) is 47.2 Å². The second-order valence-corrected chi connectivity index (χ2v) is 8.37. The molecule has 2 saturated heterocycles. The maximum absolute atomic E-state index is 9.64. The average Bonchev–Trinajstić information content (AvgIpc) is 3.00. The van der Waals surface area contributed by atoms with E-state index in [2.05, 4.69) is 30.6 Å². The molecule has 2 fully saturated rings. The van der Waals surface area contributed by atoms with Crippen LogP contribution < -0.4 is 4.90 Å². The highest BCUT2D eigenvalue weighted by Crippen LogP contribution is 2.35. The van der Waals surface area contributed by atoms with Crippen LogP contribution >= 0.6 is 11.3 Å².